The van der Waals surface area contributed by atoms with Crippen LogP contribution < -0.4 is 0 Å². The smallest absolute Gasteiger partial charge is 0.116 e. The third kappa shape index (κ3) is 2.75. The van der Waals surface area contributed by atoms with Crippen molar-refractivity contribution in [1.82, 2.24) is 4.57 Å². The number of aryl methyl sites for hydroxylation is 1. The second kappa shape index (κ2) is 6.15. The maximum atomic E-state index is 10.2. The van der Waals surface area contributed by atoms with Gasteiger partial charge in [0.25, 0.3) is 0 Å². The van der Waals surface area contributed by atoms with Gasteiger partial charge >= 0.3 is 0 Å². The van der Waals surface area contributed by atoms with Crippen molar-refractivity contribution in [2.45, 2.75) is 13.5 Å². The van der Waals surface area contributed by atoms with Gasteiger partial charge in [-0.3, -0.25) is 0 Å². The van der Waals surface area contributed by atoms with Gasteiger partial charge < -0.3 is 19.9 Å². The van der Waals surface area contributed by atoms with Crippen molar-refractivity contribution < 1.29 is 23.5 Å². The summed E-state index contributed by atoms with van der Waals surface area (Å²) in [6, 6.07) is 5.61. The number of aromatic hydroxyl groups is 3. The molecule has 0 unspecified atom stereocenters. The van der Waals surface area contributed by atoms with Crippen LogP contribution in [0.25, 0.3) is 22.2 Å². The zero-order valence-corrected chi connectivity index (χ0v) is 13.9. The van der Waals surface area contributed by atoms with Crippen LogP contribution in [0, 0.1) is 6.92 Å². The fourth-order valence-electron chi connectivity index (χ4n) is 3.10. The number of fused-ring (bicyclic) bond motifs is 1. The topological polar surface area (TPSA) is 65.6 Å². The van der Waals surface area contributed by atoms with Gasteiger partial charge in [-0.15, -0.1) is 0 Å². The minimum Gasteiger partial charge on any atom is -0.508 e. The number of phenolic OH excluding ortho intramolecular Hbond substituents is 3. The second-order valence-electron chi connectivity index (χ2n) is 5.96. The Labute approximate surface area is 159 Å². The Balaban J connectivity index is 2.07. The molecule has 3 N–H and O–H groups in total. The molecule has 1 heterocycles. The van der Waals surface area contributed by atoms with Crippen LogP contribution in [-0.2, 0) is 6.54 Å². The van der Waals surface area contributed by atoms with Gasteiger partial charge in [-0.25, -0.2) is 0 Å². The summed E-state index contributed by atoms with van der Waals surface area (Å²) in [5.41, 5.74) is 2.46. The van der Waals surface area contributed by atoms with Crippen LogP contribution in [0.15, 0.2) is 66.6 Å². The molecule has 1 aromatic heterocycles. The molecular weight excluding hydrogens is 326 g/mol. The number of rotatable bonds is 3. The summed E-state index contributed by atoms with van der Waals surface area (Å²) in [4.78, 5) is 0. The summed E-state index contributed by atoms with van der Waals surface area (Å²) < 4.78 is 49.8. The van der Waals surface area contributed by atoms with Crippen LogP contribution in [0.1, 0.15) is 19.4 Å². The standard InChI is InChI=1S/C22H19NO3/c1-14-20-12-19(26)10-11-21(20)23(13-15-2-6-17(24)7-3-15)22(14)16-4-8-18(25)9-5-16/h2-12,24-26H,13H2,1H3/i6D,7D,8D,9D,10D,12D. The lowest BCUT2D eigenvalue weighted by atomic mass is 10.1. The lowest BCUT2D eigenvalue weighted by molar-refractivity contribution is 0.474. The van der Waals surface area contributed by atoms with Gasteiger partial charge in [0, 0.05) is 17.4 Å². The molecule has 4 nitrogen and oxygen atoms in total. The Morgan fingerprint density at radius 3 is 2.08 bits per heavy atom. The number of hydrogen-bond acceptors (Lipinski definition) is 3. The molecule has 0 amide bonds. The lowest BCUT2D eigenvalue weighted by Crippen LogP contribution is -2.02. The molecule has 4 heteroatoms. The molecule has 130 valence electrons. The largest absolute Gasteiger partial charge is 0.508 e. The van der Waals surface area contributed by atoms with Crippen molar-refractivity contribution in [3.05, 3.63) is 77.7 Å². The molecule has 0 spiro atoms. The Morgan fingerprint density at radius 2 is 1.42 bits per heavy atom. The number of aromatic nitrogens is 1. The highest BCUT2D eigenvalue weighted by Gasteiger charge is 2.16. The highest BCUT2D eigenvalue weighted by Crippen LogP contribution is 2.36. The summed E-state index contributed by atoms with van der Waals surface area (Å²) in [5, 5.41) is 30.2. The van der Waals surface area contributed by atoms with Gasteiger partial charge in [0.15, 0.2) is 0 Å². The van der Waals surface area contributed by atoms with Gasteiger partial charge in [-0.05, 0) is 78.1 Å². The van der Waals surface area contributed by atoms with E-state index in [1.54, 1.807) is 11.5 Å². The first-order valence-electron chi connectivity index (χ1n) is 10.9. The number of benzene rings is 3. The fourth-order valence-corrected chi connectivity index (χ4v) is 3.10. The molecule has 0 atom stereocenters. The van der Waals surface area contributed by atoms with Crippen molar-refractivity contribution in [1.29, 1.82) is 0 Å². The van der Waals surface area contributed by atoms with E-state index < -0.39 is 17.2 Å². The number of phenols is 3. The first-order valence-corrected chi connectivity index (χ1v) is 7.92. The van der Waals surface area contributed by atoms with E-state index >= 15 is 0 Å². The quantitative estimate of drug-likeness (QED) is 0.497. The Kier molecular flexibility index (Phi) is 2.50. The van der Waals surface area contributed by atoms with Crippen molar-refractivity contribution in [2.24, 2.45) is 0 Å². The fraction of sp³-hybridized carbons (Fsp3) is 0.0909. The van der Waals surface area contributed by atoms with Gasteiger partial charge in [0.2, 0.25) is 0 Å². The highest BCUT2D eigenvalue weighted by atomic mass is 16.3. The van der Waals surface area contributed by atoms with Gasteiger partial charge in [-0.1, -0.05) is 12.1 Å². The van der Waals surface area contributed by atoms with Crippen LogP contribution in [0.2, 0.25) is 0 Å². The van der Waals surface area contributed by atoms with E-state index in [1.165, 1.54) is 30.3 Å². The van der Waals surface area contributed by atoms with Crippen molar-refractivity contribution in [2.75, 3.05) is 0 Å². The van der Waals surface area contributed by atoms with E-state index in [2.05, 4.69) is 0 Å². The molecule has 4 aromatic rings. The van der Waals surface area contributed by atoms with E-state index in [4.69, 9.17) is 8.22 Å². The summed E-state index contributed by atoms with van der Waals surface area (Å²) in [5.74, 6) is -1.37. The molecule has 4 rings (SSSR count). The van der Waals surface area contributed by atoms with Gasteiger partial charge in [0.05, 0.1) is 13.9 Å². The van der Waals surface area contributed by atoms with Gasteiger partial charge in [0.1, 0.15) is 17.2 Å². The zero-order valence-electron chi connectivity index (χ0n) is 19.9. The molecule has 0 fully saturated rings. The third-order valence-corrected chi connectivity index (χ3v) is 4.27. The van der Waals surface area contributed by atoms with Crippen molar-refractivity contribution in [3.63, 3.8) is 0 Å². The molecule has 0 saturated heterocycles. The van der Waals surface area contributed by atoms with Crippen LogP contribution in [0.4, 0.5) is 0 Å². The Morgan fingerprint density at radius 1 is 0.846 bits per heavy atom. The van der Waals surface area contributed by atoms with Crippen LogP contribution in [-0.4, -0.2) is 19.9 Å². The molecule has 0 aliphatic heterocycles. The average molecular weight is 351 g/mol. The highest BCUT2D eigenvalue weighted by molar-refractivity contribution is 5.92. The summed E-state index contributed by atoms with van der Waals surface area (Å²) in [6.07, 6.45) is 0. The first kappa shape index (κ1) is 10.6. The SMILES string of the molecule is [2H]c1cc(Cn2c(-c3cc([2H])c(O)c([2H])c3)c(C)c3c([2H])c(O)c([2H])cc32)cc([2H])c1O. The maximum Gasteiger partial charge on any atom is 0.116 e. The summed E-state index contributed by atoms with van der Waals surface area (Å²) >= 11 is 0. The van der Waals surface area contributed by atoms with E-state index in [-0.39, 0.29) is 42.8 Å². The maximum absolute atomic E-state index is 10.2. The predicted octanol–water partition coefficient (Wildman–Crippen LogP) is 4.78. The minimum atomic E-state index is -0.469. The van der Waals surface area contributed by atoms with E-state index in [9.17, 15) is 15.3 Å². The molecule has 3 aromatic carbocycles. The Bertz CT molecular complexity index is 1370. The van der Waals surface area contributed by atoms with E-state index in [1.807, 2.05) is 0 Å². The second-order valence-corrected chi connectivity index (χ2v) is 5.96. The molecule has 0 radical (unpaired) electrons. The molecular formula is C22H19NO3. The molecule has 0 aliphatic rings. The van der Waals surface area contributed by atoms with Gasteiger partial charge in [-0.2, -0.15) is 0 Å². The predicted molar refractivity (Wildman–Crippen MR) is 103 cm³/mol. The summed E-state index contributed by atoms with van der Waals surface area (Å²) in [6.45, 7) is 1.82. The Hall–Kier alpha value is -3.40. The van der Waals surface area contributed by atoms with Crippen LogP contribution in [0.3, 0.4) is 0 Å². The molecule has 26 heavy (non-hydrogen) atoms. The normalized spacial score (nSPS) is 14.3. The third-order valence-electron chi connectivity index (χ3n) is 4.27. The van der Waals surface area contributed by atoms with Crippen molar-refractivity contribution in [3.8, 4) is 28.5 Å². The molecule has 0 saturated carbocycles. The zero-order chi connectivity index (χ0) is 23.5. The molecule has 0 aliphatic carbocycles. The van der Waals surface area contributed by atoms with E-state index in [0.717, 1.165) is 0 Å². The monoisotopic (exact) mass is 351 g/mol. The average Bonchev–Trinajstić information content (AvgIpc) is 2.99. The minimum absolute atomic E-state index is 0.100. The lowest BCUT2D eigenvalue weighted by Gasteiger charge is -2.12. The number of nitrogens with zero attached hydrogens (tertiary/aromatic N) is 1. The number of hydrogen-bond donors (Lipinski definition) is 3. The van der Waals surface area contributed by atoms with Crippen LogP contribution >= 0.6 is 0 Å². The van der Waals surface area contributed by atoms with Crippen molar-refractivity contribution >= 4 is 10.9 Å². The first-order chi connectivity index (χ1) is 15.0. The van der Waals surface area contributed by atoms with Crippen LogP contribution in [0.5, 0.6) is 17.2 Å². The van der Waals surface area contributed by atoms with E-state index in [0.29, 0.717) is 33.3 Å². The summed E-state index contributed by atoms with van der Waals surface area (Å²) in [7, 11) is 0. The molecule has 0 bridgehead atoms.